The van der Waals surface area contributed by atoms with Gasteiger partial charge in [0.1, 0.15) is 0 Å². The maximum Gasteiger partial charge on any atom is 0.0444 e. The van der Waals surface area contributed by atoms with Crippen LogP contribution in [-0.2, 0) is 6.42 Å². The summed E-state index contributed by atoms with van der Waals surface area (Å²) in [5, 5.41) is 4.15. The summed E-state index contributed by atoms with van der Waals surface area (Å²) in [4.78, 5) is 1.43. The summed E-state index contributed by atoms with van der Waals surface area (Å²) in [6, 6.07) is 16.1. The van der Waals surface area contributed by atoms with Crippen LogP contribution in [0.1, 0.15) is 34.7 Å². The van der Waals surface area contributed by atoms with E-state index in [0.717, 1.165) is 0 Å². The molecule has 3 rings (SSSR count). The maximum atomic E-state index is 3.54. The third kappa shape index (κ3) is 3.02. The number of rotatable bonds is 3. The second kappa shape index (κ2) is 6.25. The number of benzene rings is 2. The molecule has 0 radical (unpaired) electrons. The van der Waals surface area contributed by atoms with Crippen molar-refractivity contribution in [3.8, 4) is 0 Å². The second-order valence-corrected chi connectivity index (χ2v) is 7.21. The lowest BCUT2D eigenvalue weighted by Gasteiger charge is -2.33. The number of hydrogen-bond donors (Lipinski definition) is 1. The van der Waals surface area contributed by atoms with Gasteiger partial charge in [-0.1, -0.05) is 42.0 Å². The fourth-order valence-corrected chi connectivity index (χ4v) is 4.68. The molecule has 2 aromatic rings. The van der Waals surface area contributed by atoms with Gasteiger partial charge in [-0.2, -0.15) is 0 Å². The third-order valence-corrected chi connectivity index (χ3v) is 5.90. The smallest absolute Gasteiger partial charge is 0.0444 e. The highest BCUT2D eigenvalue weighted by Gasteiger charge is 2.29. The zero-order valence-electron chi connectivity index (χ0n) is 13.0. The van der Waals surface area contributed by atoms with Crippen molar-refractivity contribution in [3.63, 3.8) is 0 Å². The summed E-state index contributed by atoms with van der Waals surface area (Å²) >= 11 is 2.04. The van der Waals surface area contributed by atoms with Gasteiger partial charge < -0.3 is 5.32 Å². The van der Waals surface area contributed by atoms with Crippen LogP contribution in [0.25, 0.3) is 0 Å². The second-order valence-electron chi connectivity index (χ2n) is 5.93. The zero-order chi connectivity index (χ0) is 14.8. The Morgan fingerprint density at radius 3 is 2.71 bits per heavy atom. The van der Waals surface area contributed by atoms with Gasteiger partial charge in [-0.3, -0.25) is 0 Å². The van der Waals surface area contributed by atoms with E-state index in [2.05, 4.69) is 68.7 Å². The van der Waals surface area contributed by atoms with E-state index in [1.165, 1.54) is 40.0 Å². The lowest BCUT2D eigenvalue weighted by atomic mass is 9.87. The molecule has 1 nitrogen and oxygen atoms in total. The van der Waals surface area contributed by atoms with Crippen LogP contribution in [0.2, 0.25) is 0 Å². The van der Waals surface area contributed by atoms with Crippen molar-refractivity contribution < 1.29 is 0 Å². The van der Waals surface area contributed by atoms with Crippen molar-refractivity contribution in [2.45, 2.75) is 42.9 Å². The largest absolute Gasteiger partial charge is 0.312 e. The summed E-state index contributed by atoms with van der Waals surface area (Å²) in [5.41, 5.74) is 5.73. The van der Waals surface area contributed by atoms with Gasteiger partial charge in [-0.05, 0) is 56.5 Å². The highest BCUT2D eigenvalue weighted by molar-refractivity contribution is 8.00. The minimum Gasteiger partial charge on any atom is -0.312 e. The molecule has 0 amide bonds. The molecule has 2 atom stereocenters. The number of thioether (sulfide) groups is 1. The van der Waals surface area contributed by atoms with Crippen molar-refractivity contribution in [3.05, 3.63) is 64.7 Å². The molecule has 0 bridgehead atoms. The molecular weight excluding hydrogens is 274 g/mol. The van der Waals surface area contributed by atoms with Crippen LogP contribution in [-0.4, -0.2) is 12.3 Å². The Bertz CT molecular complexity index is 635. The first kappa shape index (κ1) is 14.7. The van der Waals surface area contributed by atoms with Gasteiger partial charge >= 0.3 is 0 Å². The highest BCUT2D eigenvalue weighted by atomic mass is 32.2. The number of hydrogen-bond acceptors (Lipinski definition) is 2. The highest BCUT2D eigenvalue weighted by Crippen LogP contribution is 2.40. The lowest BCUT2D eigenvalue weighted by molar-refractivity contribution is 0.510. The van der Waals surface area contributed by atoms with Crippen LogP contribution in [0.4, 0.5) is 0 Å². The molecule has 1 N–H and O–H groups in total. The van der Waals surface area contributed by atoms with Gasteiger partial charge in [0.05, 0.1) is 0 Å². The van der Waals surface area contributed by atoms with Crippen LogP contribution < -0.4 is 5.32 Å². The Hall–Kier alpha value is -1.25. The van der Waals surface area contributed by atoms with Crippen LogP contribution in [0, 0.1) is 13.8 Å². The molecule has 0 aromatic heterocycles. The average Bonchev–Trinajstić information content (AvgIpc) is 2.50. The Morgan fingerprint density at radius 1 is 1.10 bits per heavy atom. The quantitative estimate of drug-likeness (QED) is 0.883. The lowest BCUT2D eigenvalue weighted by Crippen LogP contribution is -2.32. The molecule has 0 saturated carbocycles. The Kier molecular flexibility index (Phi) is 4.37. The Balaban J connectivity index is 1.88. The van der Waals surface area contributed by atoms with E-state index >= 15 is 0 Å². The average molecular weight is 297 g/mol. The van der Waals surface area contributed by atoms with Crippen molar-refractivity contribution >= 4 is 11.8 Å². The van der Waals surface area contributed by atoms with Crippen LogP contribution in [0.15, 0.2) is 47.4 Å². The molecule has 0 saturated heterocycles. The first-order valence-corrected chi connectivity index (χ1v) is 8.56. The fraction of sp³-hybridized carbons (Fsp3) is 0.368. The van der Waals surface area contributed by atoms with E-state index in [9.17, 15) is 0 Å². The van der Waals surface area contributed by atoms with Gasteiger partial charge in [0.15, 0.2) is 0 Å². The van der Waals surface area contributed by atoms with E-state index in [4.69, 9.17) is 0 Å². The number of nitrogens with one attached hydrogen (secondary N) is 1. The van der Waals surface area contributed by atoms with Gasteiger partial charge in [0.25, 0.3) is 0 Å². The van der Waals surface area contributed by atoms with Gasteiger partial charge in [-0.15, -0.1) is 11.8 Å². The van der Waals surface area contributed by atoms with Crippen molar-refractivity contribution in [1.82, 2.24) is 5.32 Å². The Morgan fingerprint density at radius 2 is 1.90 bits per heavy atom. The van der Waals surface area contributed by atoms with E-state index in [1.54, 1.807) is 0 Å². The molecule has 110 valence electrons. The summed E-state index contributed by atoms with van der Waals surface area (Å²) < 4.78 is 0. The van der Waals surface area contributed by atoms with Gasteiger partial charge in [0.2, 0.25) is 0 Å². The number of fused-ring (bicyclic) bond motifs is 1. The molecule has 0 spiro atoms. The summed E-state index contributed by atoms with van der Waals surface area (Å²) in [6.45, 7) is 4.39. The summed E-state index contributed by atoms with van der Waals surface area (Å²) in [7, 11) is 2.09. The SMILES string of the molecule is CNC1c2ccccc2CCC1Sc1cc(C)ccc1C. The molecule has 21 heavy (non-hydrogen) atoms. The molecule has 0 aliphatic heterocycles. The maximum absolute atomic E-state index is 3.54. The zero-order valence-corrected chi connectivity index (χ0v) is 13.8. The molecule has 0 heterocycles. The minimum absolute atomic E-state index is 0.444. The fourth-order valence-electron chi connectivity index (χ4n) is 3.20. The summed E-state index contributed by atoms with van der Waals surface area (Å²) in [5.74, 6) is 0. The standard InChI is InChI=1S/C19H23NS/c1-13-8-9-14(2)18(12-13)21-17-11-10-15-6-4-5-7-16(15)19(17)20-3/h4-9,12,17,19-20H,10-11H2,1-3H3. The normalized spacial score (nSPS) is 21.1. The van der Waals surface area contributed by atoms with Crippen LogP contribution in [0.5, 0.6) is 0 Å². The van der Waals surface area contributed by atoms with E-state index in [0.29, 0.717) is 11.3 Å². The number of aryl methyl sites for hydroxylation is 3. The molecular formula is C19H23NS. The van der Waals surface area contributed by atoms with Crippen molar-refractivity contribution in [2.75, 3.05) is 7.05 Å². The third-order valence-electron chi connectivity index (χ3n) is 4.39. The Labute approximate surface area is 132 Å². The van der Waals surface area contributed by atoms with E-state index in [1.807, 2.05) is 11.8 Å². The molecule has 1 aliphatic rings. The topological polar surface area (TPSA) is 12.0 Å². The predicted molar refractivity (Wildman–Crippen MR) is 92.1 cm³/mol. The van der Waals surface area contributed by atoms with Crippen molar-refractivity contribution in [1.29, 1.82) is 0 Å². The molecule has 2 unspecified atom stereocenters. The molecule has 2 aromatic carbocycles. The molecule has 2 heteroatoms. The monoisotopic (exact) mass is 297 g/mol. The summed E-state index contributed by atoms with van der Waals surface area (Å²) in [6.07, 6.45) is 2.43. The van der Waals surface area contributed by atoms with Gasteiger partial charge in [0, 0.05) is 16.2 Å². The first-order valence-electron chi connectivity index (χ1n) is 7.68. The van der Waals surface area contributed by atoms with Gasteiger partial charge in [-0.25, -0.2) is 0 Å². The van der Waals surface area contributed by atoms with E-state index < -0.39 is 0 Å². The predicted octanol–water partition coefficient (Wildman–Crippen LogP) is 4.67. The van der Waals surface area contributed by atoms with Crippen LogP contribution >= 0.6 is 11.8 Å². The van der Waals surface area contributed by atoms with E-state index in [-0.39, 0.29) is 0 Å². The molecule has 0 fully saturated rings. The minimum atomic E-state index is 0.444. The molecule has 1 aliphatic carbocycles. The van der Waals surface area contributed by atoms with Crippen molar-refractivity contribution in [2.24, 2.45) is 0 Å². The first-order chi connectivity index (χ1) is 10.2. The van der Waals surface area contributed by atoms with Crippen LogP contribution in [0.3, 0.4) is 0 Å².